The van der Waals surface area contributed by atoms with Crippen molar-refractivity contribution in [2.24, 2.45) is 0 Å². The summed E-state index contributed by atoms with van der Waals surface area (Å²) >= 11 is 0. The Morgan fingerprint density at radius 1 is 1.12 bits per heavy atom. The second-order valence-corrected chi connectivity index (χ2v) is 7.12. The molecule has 5 nitrogen and oxygen atoms in total. The summed E-state index contributed by atoms with van der Waals surface area (Å²) in [5, 5.41) is 10.8. The van der Waals surface area contributed by atoms with Crippen LogP contribution in [0.5, 0.6) is 0 Å². The van der Waals surface area contributed by atoms with Gasteiger partial charge in [0.2, 0.25) is 5.91 Å². The molecule has 26 heavy (non-hydrogen) atoms. The van der Waals surface area contributed by atoms with Crippen LogP contribution in [0.4, 0.5) is 23.2 Å². The molecule has 0 aliphatic carbocycles. The number of hydrogen-bond acceptors (Lipinski definition) is 4. The number of nitrogens with one attached hydrogen (secondary N) is 1. The molecule has 0 spiro atoms. The van der Waals surface area contributed by atoms with Crippen molar-refractivity contribution >= 4 is 21.4 Å². The molecule has 0 aliphatic heterocycles. The summed E-state index contributed by atoms with van der Waals surface area (Å²) in [5.41, 5.74) is -2.19. The Morgan fingerprint density at radius 3 is 2.27 bits per heavy atom. The maximum absolute atomic E-state index is 12.9. The van der Waals surface area contributed by atoms with Crippen LogP contribution < -0.4 is 5.32 Å². The van der Waals surface area contributed by atoms with E-state index in [4.69, 9.17) is 5.26 Å². The molecule has 1 N–H and O–H groups in total. The van der Waals surface area contributed by atoms with Gasteiger partial charge in [0.25, 0.3) is 0 Å². The molecule has 136 valence electrons. The molecule has 2 aromatic carbocycles. The first-order valence-electron chi connectivity index (χ1n) is 6.92. The van der Waals surface area contributed by atoms with Crippen LogP contribution in [-0.4, -0.2) is 20.1 Å². The van der Waals surface area contributed by atoms with Gasteiger partial charge in [-0.3, -0.25) is 4.79 Å². The standard InChI is InChI=1S/C16H10F4N2O3S/c17-11-2-5-13(6-3-11)26(24,25)9-15(23)22-12-4-1-10(8-21)14(7-12)16(18,19)20/h1-7H,9H2,(H,22,23). The Morgan fingerprint density at radius 2 is 1.73 bits per heavy atom. The number of nitriles is 1. The summed E-state index contributed by atoms with van der Waals surface area (Å²) in [6.45, 7) is 0. The zero-order chi connectivity index (χ0) is 19.5. The van der Waals surface area contributed by atoms with E-state index >= 15 is 0 Å². The minimum Gasteiger partial charge on any atom is -0.325 e. The van der Waals surface area contributed by atoms with Gasteiger partial charge in [-0.15, -0.1) is 0 Å². The predicted octanol–water partition coefficient (Wildman–Crippen LogP) is 3.13. The molecule has 2 aromatic rings. The SMILES string of the molecule is N#Cc1ccc(NC(=O)CS(=O)(=O)c2ccc(F)cc2)cc1C(F)(F)F. The normalized spacial score (nSPS) is 11.7. The molecule has 0 saturated carbocycles. The molecule has 0 atom stereocenters. The Balaban J connectivity index is 2.20. The molecule has 1 amide bonds. The van der Waals surface area contributed by atoms with Gasteiger partial charge >= 0.3 is 6.18 Å². The third-order valence-corrected chi connectivity index (χ3v) is 4.86. The van der Waals surface area contributed by atoms with E-state index in [-0.39, 0.29) is 10.6 Å². The summed E-state index contributed by atoms with van der Waals surface area (Å²) in [5.74, 6) is -2.78. The van der Waals surface area contributed by atoms with Crippen LogP contribution in [0, 0.1) is 17.1 Å². The van der Waals surface area contributed by atoms with Crippen molar-refractivity contribution in [3.8, 4) is 6.07 Å². The van der Waals surface area contributed by atoms with E-state index in [9.17, 15) is 30.8 Å². The van der Waals surface area contributed by atoms with Crippen LogP contribution >= 0.6 is 0 Å². The summed E-state index contributed by atoms with van der Waals surface area (Å²) < 4.78 is 75.6. The van der Waals surface area contributed by atoms with Gasteiger partial charge in [-0.2, -0.15) is 18.4 Å². The van der Waals surface area contributed by atoms with Crippen molar-refractivity contribution in [2.45, 2.75) is 11.1 Å². The second kappa shape index (κ2) is 7.13. The largest absolute Gasteiger partial charge is 0.417 e. The maximum Gasteiger partial charge on any atom is 0.417 e. The minimum atomic E-state index is -4.81. The predicted molar refractivity (Wildman–Crippen MR) is 83.2 cm³/mol. The van der Waals surface area contributed by atoms with E-state index in [1.54, 1.807) is 0 Å². The number of rotatable bonds is 4. The molecule has 0 radical (unpaired) electrons. The fraction of sp³-hybridized carbons (Fsp3) is 0.125. The quantitative estimate of drug-likeness (QED) is 0.646. The van der Waals surface area contributed by atoms with Gasteiger partial charge in [0.05, 0.1) is 22.1 Å². The Kier molecular flexibility index (Phi) is 5.32. The van der Waals surface area contributed by atoms with Crippen molar-refractivity contribution in [3.05, 3.63) is 59.4 Å². The fourth-order valence-corrected chi connectivity index (χ4v) is 3.18. The van der Waals surface area contributed by atoms with Crippen LogP contribution in [0.25, 0.3) is 0 Å². The minimum absolute atomic E-state index is 0.301. The number of benzene rings is 2. The number of carbonyl (C=O) groups excluding carboxylic acids is 1. The van der Waals surface area contributed by atoms with Crippen molar-refractivity contribution in [1.82, 2.24) is 0 Å². The molecule has 0 unspecified atom stereocenters. The molecule has 0 heterocycles. The van der Waals surface area contributed by atoms with Crippen molar-refractivity contribution in [1.29, 1.82) is 5.26 Å². The van der Waals surface area contributed by atoms with Gasteiger partial charge in [-0.05, 0) is 42.5 Å². The number of alkyl halides is 3. The number of hydrogen-bond donors (Lipinski definition) is 1. The van der Waals surface area contributed by atoms with Crippen LogP contribution in [0.3, 0.4) is 0 Å². The molecule has 0 fully saturated rings. The average molecular weight is 386 g/mol. The second-order valence-electron chi connectivity index (χ2n) is 5.13. The maximum atomic E-state index is 12.9. The number of carbonyl (C=O) groups is 1. The van der Waals surface area contributed by atoms with Crippen molar-refractivity contribution in [2.75, 3.05) is 11.1 Å². The number of amides is 1. The van der Waals surface area contributed by atoms with Crippen LogP contribution in [-0.2, 0) is 20.8 Å². The number of anilines is 1. The van der Waals surface area contributed by atoms with Gasteiger partial charge in [0, 0.05) is 5.69 Å². The molecule has 2 rings (SSSR count). The van der Waals surface area contributed by atoms with Crippen molar-refractivity contribution in [3.63, 3.8) is 0 Å². The molecular formula is C16H10F4N2O3S. The smallest absolute Gasteiger partial charge is 0.325 e. The highest BCUT2D eigenvalue weighted by molar-refractivity contribution is 7.92. The molecule has 0 saturated heterocycles. The lowest BCUT2D eigenvalue weighted by Gasteiger charge is -2.12. The summed E-state index contributed by atoms with van der Waals surface area (Å²) in [6, 6.07) is 7.60. The lowest BCUT2D eigenvalue weighted by Crippen LogP contribution is -2.23. The van der Waals surface area contributed by atoms with E-state index in [1.165, 1.54) is 6.07 Å². The summed E-state index contributed by atoms with van der Waals surface area (Å²) in [6.07, 6.45) is -4.81. The van der Waals surface area contributed by atoms with Crippen LogP contribution in [0.15, 0.2) is 47.4 Å². The summed E-state index contributed by atoms with van der Waals surface area (Å²) in [7, 11) is -4.10. The molecule has 0 aliphatic rings. The van der Waals surface area contributed by atoms with E-state index in [0.29, 0.717) is 6.07 Å². The van der Waals surface area contributed by atoms with E-state index < -0.39 is 44.6 Å². The number of sulfone groups is 1. The Labute approximate surface area is 145 Å². The Bertz CT molecular complexity index is 978. The fourth-order valence-electron chi connectivity index (χ4n) is 2.05. The van der Waals surface area contributed by atoms with Gasteiger partial charge in [0.15, 0.2) is 9.84 Å². The average Bonchev–Trinajstić information content (AvgIpc) is 2.53. The highest BCUT2D eigenvalue weighted by Crippen LogP contribution is 2.33. The topological polar surface area (TPSA) is 87.0 Å². The molecule has 0 bridgehead atoms. The van der Waals surface area contributed by atoms with Crippen LogP contribution in [0.2, 0.25) is 0 Å². The van der Waals surface area contributed by atoms with E-state index in [0.717, 1.165) is 36.4 Å². The van der Waals surface area contributed by atoms with Gasteiger partial charge in [0.1, 0.15) is 11.6 Å². The Hall–Kier alpha value is -2.93. The van der Waals surface area contributed by atoms with Gasteiger partial charge < -0.3 is 5.32 Å². The first kappa shape index (κ1) is 19.4. The van der Waals surface area contributed by atoms with E-state index in [2.05, 4.69) is 0 Å². The van der Waals surface area contributed by atoms with Gasteiger partial charge in [-0.25, -0.2) is 12.8 Å². The first-order chi connectivity index (χ1) is 12.0. The number of halogens is 4. The number of nitrogens with zero attached hydrogens (tertiary/aromatic N) is 1. The third-order valence-electron chi connectivity index (χ3n) is 3.22. The molecular weight excluding hydrogens is 376 g/mol. The zero-order valence-corrected chi connectivity index (χ0v) is 13.7. The lowest BCUT2D eigenvalue weighted by atomic mass is 10.1. The van der Waals surface area contributed by atoms with Crippen molar-refractivity contribution < 1.29 is 30.8 Å². The zero-order valence-electron chi connectivity index (χ0n) is 12.8. The monoisotopic (exact) mass is 386 g/mol. The van der Waals surface area contributed by atoms with Gasteiger partial charge in [-0.1, -0.05) is 0 Å². The molecule has 0 aromatic heterocycles. The van der Waals surface area contributed by atoms with E-state index in [1.807, 2.05) is 5.32 Å². The lowest BCUT2D eigenvalue weighted by molar-refractivity contribution is -0.137. The first-order valence-corrected chi connectivity index (χ1v) is 8.58. The highest BCUT2D eigenvalue weighted by Gasteiger charge is 2.34. The molecule has 10 heteroatoms. The highest BCUT2D eigenvalue weighted by atomic mass is 32.2. The summed E-state index contributed by atoms with van der Waals surface area (Å²) in [4.78, 5) is 11.6. The van der Waals surface area contributed by atoms with Crippen LogP contribution in [0.1, 0.15) is 11.1 Å². The third kappa shape index (κ3) is 4.58.